The predicted octanol–water partition coefficient (Wildman–Crippen LogP) is 4.47. The molecule has 3 aliphatic carbocycles. The molecular formula is C34H38FN5O2. The van der Waals surface area contributed by atoms with E-state index in [9.17, 15) is 9.18 Å². The van der Waals surface area contributed by atoms with Crippen molar-refractivity contribution in [3.63, 3.8) is 0 Å². The number of aliphatic imine (C=N–C) groups is 2. The molecule has 1 amide bonds. The highest BCUT2D eigenvalue weighted by atomic mass is 19.1. The van der Waals surface area contributed by atoms with Crippen molar-refractivity contribution in [2.45, 2.75) is 74.5 Å². The largest absolute Gasteiger partial charge is 0.462 e. The monoisotopic (exact) mass is 567 g/mol. The van der Waals surface area contributed by atoms with Crippen LogP contribution in [0.5, 0.6) is 0 Å². The number of nitrogens with zero attached hydrogens (tertiary/aromatic N) is 5. The lowest BCUT2D eigenvalue weighted by Gasteiger charge is -2.50. The Balaban J connectivity index is 1.02. The third kappa shape index (κ3) is 3.69. The predicted molar refractivity (Wildman–Crippen MR) is 160 cm³/mol. The van der Waals surface area contributed by atoms with E-state index in [4.69, 9.17) is 14.7 Å². The smallest absolute Gasteiger partial charge is 0.314 e. The third-order valence-electron chi connectivity index (χ3n) is 11.6. The molecule has 1 aromatic rings. The Morgan fingerprint density at radius 1 is 1.17 bits per heavy atom. The maximum atomic E-state index is 13.7. The van der Waals surface area contributed by atoms with Crippen LogP contribution in [0.4, 0.5) is 4.39 Å². The zero-order valence-electron chi connectivity index (χ0n) is 24.1. The van der Waals surface area contributed by atoms with Gasteiger partial charge < -0.3 is 14.5 Å². The van der Waals surface area contributed by atoms with Crippen molar-refractivity contribution in [3.8, 4) is 0 Å². The van der Waals surface area contributed by atoms with E-state index in [-0.39, 0.29) is 29.6 Å². The molecule has 0 N–H and O–H groups in total. The number of carbonyl (C=O) groups is 1. The van der Waals surface area contributed by atoms with Crippen LogP contribution in [0.15, 0.2) is 58.8 Å². The molecule has 6 atom stereocenters. The number of hydrogen-bond acceptors (Lipinski definition) is 6. The van der Waals surface area contributed by atoms with Crippen molar-refractivity contribution in [3.05, 3.63) is 65.5 Å². The normalized spacial score (nSPS) is 34.8. The van der Waals surface area contributed by atoms with Gasteiger partial charge >= 0.3 is 6.02 Å². The molecule has 7 nitrogen and oxygen atoms in total. The Labute approximate surface area is 246 Å². The summed E-state index contributed by atoms with van der Waals surface area (Å²) in [5.41, 5.74) is 5.81. The molecule has 42 heavy (non-hydrogen) atoms. The van der Waals surface area contributed by atoms with E-state index < -0.39 is 11.7 Å². The fourth-order valence-electron chi connectivity index (χ4n) is 9.40. The van der Waals surface area contributed by atoms with E-state index in [1.165, 1.54) is 55.2 Å². The van der Waals surface area contributed by atoms with Gasteiger partial charge in [-0.05, 0) is 92.1 Å². The van der Waals surface area contributed by atoms with Crippen LogP contribution in [0.1, 0.15) is 61.1 Å². The average Bonchev–Trinajstić information content (AvgIpc) is 3.27. The van der Waals surface area contributed by atoms with Crippen LogP contribution in [0.25, 0.3) is 5.57 Å². The van der Waals surface area contributed by atoms with Crippen molar-refractivity contribution >= 4 is 23.3 Å². The zero-order chi connectivity index (χ0) is 28.2. The van der Waals surface area contributed by atoms with Gasteiger partial charge in [0.25, 0.3) is 5.91 Å². The minimum absolute atomic E-state index is 0.00382. The fraction of sp³-hybridized carbons (Fsp3) is 0.559. The first-order chi connectivity index (χ1) is 20.5. The number of benzene rings is 1. The first-order valence-electron chi connectivity index (χ1n) is 16.0. The zero-order valence-corrected chi connectivity index (χ0v) is 24.1. The van der Waals surface area contributed by atoms with Gasteiger partial charge in [0.05, 0.1) is 29.6 Å². The number of hydrogen-bond donors (Lipinski definition) is 0. The van der Waals surface area contributed by atoms with Crippen molar-refractivity contribution in [2.24, 2.45) is 21.8 Å². The van der Waals surface area contributed by atoms with Crippen LogP contribution in [0.2, 0.25) is 0 Å². The number of halogens is 1. The molecule has 0 radical (unpaired) electrons. The maximum absolute atomic E-state index is 13.7. The standard InChI is InChI=1S/C34H38FN5O2/c1-20(35)32(41)39-14-9-28-29(39)18-40(28)31-25-8-7-21(24-6-2-5-22-15-23-16-26(23)30(22)24)17-27(25)36-33(37-31)42-19-34-10-3-12-38(34)13-4-11-34/h2,5-8,17,23,25-29H,1,3-4,9-16,18-19H2/t23?,25?,26?,27?,28-,29-/m1/s1. The van der Waals surface area contributed by atoms with E-state index in [0.29, 0.717) is 25.7 Å². The summed E-state index contributed by atoms with van der Waals surface area (Å²) in [5, 5.41) is 0. The summed E-state index contributed by atoms with van der Waals surface area (Å²) in [5.74, 6) is 1.09. The number of likely N-dealkylation sites (tertiary alicyclic amines) is 2. The lowest BCUT2D eigenvalue weighted by Crippen LogP contribution is -2.66. The highest BCUT2D eigenvalue weighted by molar-refractivity contribution is 6.01. The topological polar surface area (TPSA) is 60.7 Å². The van der Waals surface area contributed by atoms with Crippen LogP contribution in [0, 0.1) is 11.8 Å². The molecule has 218 valence electrons. The average molecular weight is 568 g/mol. The molecule has 5 heterocycles. The SMILES string of the molecule is C=C(F)C(=O)N1CC[C@@H]2[C@H]1CN2C1=NC(OCC23CCCN2CCC3)=NC2C=C(c3cccc4c3C3CC3C4)C=CC12. The minimum Gasteiger partial charge on any atom is -0.462 e. The molecule has 8 heteroatoms. The molecule has 1 aromatic carbocycles. The van der Waals surface area contributed by atoms with Crippen LogP contribution >= 0.6 is 0 Å². The van der Waals surface area contributed by atoms with Gasteiger partial charge in [0.15, 0.2) is 5.83 Å². The molecule has 5 fully saturated rings. The van der Waals surface area contributed by atoms with Gasteiger partial charge in [0.2, 0.25) is 0 Å². The number of amidine groups is 2. The third-order valence-corrected chi connectivity index (χ3v) is 11.6. The second-order valence-corrected chi connectivity index (χ2v) is 13.8. The first kappa shape index (κ1) is 25.3. The summed E-state index contributed by atoms with van der Waals surface area (Å²) in [4.78, 5) is 29.2. The summed E-state index contributed by atoms with van der Waals surface area (Å²) >= 11 is 0. The minimum atomic E-state index is -0.878. The van der Waals surface area contributed by atoms with Crippen LogP contribution < -0.4 is 0 Å². The number of allylic oxidation sites excluding steroid dienone is 2. The molecule has 4 saturated heterocycles. The van der Waals surface area contributed by atoms with E-state index in [1.807, 2.05) is 0 Å². The Bertz CT molecular complexity index is 1500. The number of amides is 1. The van der Waals surface area contributed by atoms with Crippen molar-refractivity contribution in [1.82, 2.24) is 14.7 Å². The lowest BCUT2D eigenvalue weighted by atomic mass is 9.83. The molecule has 0 spiro atoms. The summed E-state index contributed by atoms with van der Waals surface area (Å²) in [6.07, 6.45) is 15.0. The van der Waals surface area contributed by atoms with Gasteiger partial charge in [0.1, 0.15) is 12.4 Å². The van der Waals surface area contributed by atoms with Crippen molar-refractivity contribution in [2.75, 3.05) is 32.8 Å². The number of ether oxygens (including phenoxy) is 1. The first-order valence-corrected chi connectivity index (χ1v) is 16.0. The molecule has 1 saturated carbocycles. The lowest BCUT2D eigenvalue weighted by molar-refractivity contribution is -0.131. The summed E-state index contributed by atoms with van der Waals surface area (Å²) in [6, 6.07) is 7.32. The van der Waals surface area contributed by atoms with Gasteiger partial charge in [-0.1, -0.05) is 43.0 Å². The molecule has 0 bridgehead atoms. The molecule has 9 rings (SSSR count). The summed E-state index contributed by atoms with van der Waals surface area (Å²) < 4.78 is 20.2. The Hall–Kier alpha value is -3.26. The highest BCUT2D eigenvalue weighted by Crippen LogP contribution is 2.58. The van der Waals surface area contributed by atoms with Gasteiger partial charge in [-0.15, -0.1) is 0 Å². The summed E-state index contributed by atoms with van der Waals surface area (Å²) in [7, 11) is 0. The molecule has 5 aliphatic heterocycles. The Morgan fingerprint density at radius 2 is 2.02 bits per heavy atom. The van der Waals surface area contributed by atoms with E-state index in [2.05, 4.69) is 52.8 Å². The highest BCUT2D eigenvalue weighted by Gasteiger charge is 2.53. The van der Waals surface area contributed by atoms with E-state index in [1.54, 1.807) is 10.5 Å². The second-order valence-electron chi connectivity index (χ2n) is 13.8. The quantitative estimate of drug-likeness (QED) is 0.504. The van der Waals surface area contributed by atoms with Crippen LogP contribution in [0.3, 0.4) is 0 Å². The number of fused-ring (bicyclic) bond motifs is 6. The molecule has 4 unspecified atom stereocenters. The summed E-state index contributed by atoms with van der Waals surface area (Å²) in [6.45, 7) is 7.39. The van der Waals surface area contributed by atoms with E-state index >= 15 is 0 Å². The number of carbonyl (C=O) groups excluding carboxylic acids is 1. The molecular weight excluding hydrogens is 529 g/mol. The van der Waals surface area contributed by atoms with Crippen molar-refractivity contribution in [1.29, 1.82) is 0 Å². The van der Waals surface area contributed by atoms with Gasteiger partial charge in [-0.2, -0.15) is 4.99 Å². The van der Waals surface area contributed by atoms with E-state index in [0.717, 1.165) is 37.2 Å². The Morgan fingerprint density at radius 3 is 2.86 bits per heavy atom. The Kier molecular flexibility index (Phi) is 5.48. The number of rotatable bonds is 4. The molecule has 0 aromatic heterocycles. The van der Waals surface area contributed by atoms with Crippen LogP contribution in [-0.2, 0) is 16.0 Å². The fourth-order valence-corrected chi connectivity index (χ4v) is 9.40. The van der Waals surface area contributed by atoms with Gasteiger partial charge in [-0.3, -0.25) is 9.69 Å². The maximum Gasteiger partial charge on any atom is 0.314 e. The second kappa shape index (κ2) is 9.12. The molecule has 8 aliphatic rings. The van der Waals surface area contributed by atoms with Crippen LogP contribution in [-0.4, -0.2) is 88.9 Å². The van der Waals surface area contributed by atoms with Gasteiger partial charge in [0, 0.05) is 13.1 Å². The van der Waals surface area contributed by atoms with Gasteiger partial charge in [-0.25, -0.2) is 9.38 Å². The van der Waals surface area contributed by atoms with Crippen molar-refractivity contribution < 1.29 is 13.9 Å².